The van der Waals surface area contributed by atoms with E-state index >= 15 is 0 Å². The second-order valence-corrected chi connectivity index (χ2v) is 10.1. The summed E-state index contributed by atoms with van der Waals surface area (Å²) < 4.78 is 12.6. The lowest BCUT2D eigenvalue weighted by atomic mass is 9.87. The van der Waals surface area contributed by atoms with Crippen LogP contribution in [0.15, 0.2) is 23.8 Å². The van der Waals surface area contributed by atoms with Crippen LogP contribution in [0.3, 0.4) is 0 Å². The summed E-state index contributed by atoms with van der Waals surface area (Å²) in [6.45, 7) is 8.41. The van der Waals surface area contributed by atoms with Crippen molar-refractivity contribution in [2.75, 3.05) is 6.61 Å². The van der Waals surface area contributed by atoms with Gasteiger partial charge in [0.15, 0.2) is 0 Å². The number of nitrogens with one attached hydrogen (secondary N) is 1. The number of benzene rings is 1. The van der Waals surface area contributed by atoms with E-state index in [2.05, 4.69) is 18.3 Å². The molecule has 2 amide bonds. The molecule has 1 aliphatic carbocycles. The number of rotatable bonds is 5. The summed E-state index contributed by atoms with van der Waals surface area (Å²) in [5.41, 5.74) is 4.48. The molecule has 1 saturated heterocycles. The minimum Gasteiger partial charge on any atom is -0.507 e. The van der Waals surface area contributed by atoms with E-state index in [4.69, 9.17) is 9.47 Å². The number of carbonyl (C=O) groups is 2. The molecule has 6 nitrogen and oxygen atoms in total. The Morgan fingerprint density at radius 2 is 2.03 bits per heavy atom. The molecular weight excluding hydrogens is 414 g/mol. The van der Waals surface area contributed by atoms with E-state index in [1.54, 1.807) is 0 Å². The van der Waals surface area contributed by atoms with Crippen molar-refractivity contribution >= 4 is 22.9 Å². The number of thioether (sulfide) groups is 1. The lowest BCUT2D eigenvalue weighted by Gasteiger charge is -2.38. The molecule has 0 spiro atoms. The molecule has 0 saturated carbocycles. The fourth-order valence-corrected chi connectivity index (χ4v) is 5.20. The summed E-state index contributed by atoms with van der Waals surface area (Å²) in [6.07, 6.45) is 9.00. The number of amides is 2. The van der Waals surface area contributed by atoms with Crippen LogP contribution in [-0.2, 0) is 16.0 Å². The fourth-order valence-electron chi connectivity index (χ4n) is 4.34. The Hall–Kier alpha value is -2.25. The van der Waals surface area contributed by atoms with Crippen LogP contribution in [0, 0.1) is 20.8 Å². The second-order valence-electron chi connectivity index (χ2n) is 8.89. The van der Waals surface area contributed by atoms with Gasteiger partial charge in [-0.1, -0.05) is 35.6 Å². The molecule has 1 aromatic rings. The van der Waals surface area contributed by atoms with Gasteiger partial charge in [-0.25, -0.2) is 0 Å². The van der Waals surface area contributed by atoms with Gasteiger partial charge in [-0.2, -0.15) is 0 Å². The van der Waals surface area contributed by atoms with Crippen molar-refractivity contribution in [1.29, 1.82) is 0 Å². The van der Waals surface area contributed by atoms with Gasteiger partial charge >= 0.3 is 0 Å². The van der Waals surface area contributed by atoms with E-state index in [9.17, 15) is 14.7 Å². The minimum absolute atomic E-state index is 0.0401. The molecule has 2 heterocycles. The lowest BCUT2D eigenvalue weighted by Crippen LogP contribution is -2.42. The zero-order valence-corrected chi connectivity index (χ0v) is 19.2. The molecule has 3 aliphatic rings. The van der Waals surface area contributed by atoms with Crippen LogP contribution < -0.4 is 10.1 Å². The molecule has 4 rings (SSSR count). The van der Waals surface area contributed by atoms with Crippen LogP contribution in [0.1, 0.15) is 48.4 Å². The quantitative estimate of drug-likeness (QED) is 0.701. The molecule has 0 radical (unpaired) electrons. The van der Waals surface area contributed by atoms with Crippen LogP contribution in [0.25, 0.3) is 0 Å². The zero-order valence-electron chi connectivity index (χ0n) is 18.4. The molecule has 3 atom stereocenters. The Labute approximate surface area is 187 Å². The van der Waals surface area contributed by atoms with E-state index in [0.717, 1.165) is 64.6 Å². The summed E-state index contributed by atoms with van der Waals surface area (Å²) >= 11 is 1.06. The summed E-state index contributed by atoms with van der Waals surface area (Å²) in [5.74, 6) is 1.04. The van der Waals surface area contributed by atoms with Gasteiger partial charge in [0.1, 0.15) is 17.1 Å². The van der Waals surface area contributed by atoms with Crippen LogP contribution in [0.5, 0.6) is 11.5 Å². The first-order valence-electron chi connectivity index (χ1n) is 10.7. The number of phenolic OH excluding ortho intramolecular Hbond substituents is 1. The maximum atomic E-state index is 11.8. The lowest BCUT2D eigenvalue weighted by molar-refractivity contribution is -0.118. The molecule has 31 heavy (non-hydrogen) atoms. The molecule has 166 valence electrons. The minimum atomic E-state index is -0.426. The SMILES string of the molecule is Cc1c(C)c2c(c(C)c1O)CCC(C)(COC1C=CC(CC3SC(=O)NC3=O)=CC1)O2. The average Bonchev–Trinajstić information content (AvgIpc) is 3.06. The van der Waals surface area contributed by atoms with Gasteiger partial charge < -0.3 is 14.6 Å². The monoisotopic (exact) mass is 443 g/mol. The highest BCUT2D eigenvalue weighted by molar-refractivity contribution is 8.15. The van der Waals surface area contributed by atoms with Crippen LogP contribution >= 0.6 is 11.8 Å². The third-order valence-electron chi connectivity index (χ3n) is 6.52. The largest absolute Gasteiger partial charge is 0.507 e. The van der Waals surface area contributed by atoms with Gasteiger partial charge in [0.2, 0.25) is 5.91 Å². The van der Waals surface area contributed by atoms with Gasteiger partial charge in [0.25, 0.3) is 5.24 Å². The van der Waals surface area contributed by atoms with Gasteiger partial charge in [-0.15, -0.1) is 0 Å². The molecule has 0 bridgehead atoms. The number of allylic oxidation sites excluding steroid dienone is 2. The number of fused-ring (bicyclic) bond motifs is 1. The Morgan fingerprint density at radius 1 is 1.26 bits per heavy atom. The van der Waals surface area contributed by atoms with Crippen LogP contribution in [0.4, 0.5) is 4.79 Å². The Morgan fingerprint density at radius 3 is 2.68 bits per heavy atom. The van der Waals surface area contributed by atoms with Crippen LogP contribution in [0.2, 0.25) is 0 Å². The second kappa shape index (κ2) is 8.36. The predicted molar refractivity (Wildman–Crippen MR) is 121 cm³/mol. The fraction of sp³-hybridized carbons (Fsp3) is 0.500. The molecule has 0 aromatic heterocycles. The number of hydrogen-bond acceptors (Lipinski definition) is 6. The third-order valence-corrected chi connectivity index (χ3v) is 7.50. The summed E-state index contributed by atoms with van der Waals surface area (Å²) in [4.78, 5) is 23.1. The van der Waals surface area contributed by atoms with Crippen molar-refractivity contribution in [2.24, 2.45) is 0 Å². The van der Waals surface area contributed by atoms with Gasteiger partial charge in [-0.05, 0) is 70.1 Å². The van der Waals surface area contributed by atoms with E-state index < -0.39 is 5.60 Å². The predicted octanol–water partition coefficient (Wildman–Crippen LogP) is 4.41. The first-order valence-corrected chi connectivity index (χ1v) is 11.6. The molecule has 1 fully saturated rings. The Kier molecular flexibility index (Phi) is 5.92. The highest BCUT2D eigenvalue weighted by Crippen LogP contribution is 2.43. The first kappa shape index (κ1) is 22.0. The molecule has 2 N–H and O–H groups in total. The topological polar surface area (TPSA) is 84.9 Å². The summed E-state index contributed by atoms with van der Waals surface area (Å²) in [6, 6.07) is 0. The Balaban J connectivity index is 1.35. The van der Waals surface area contributed by atoms with Gasteiger partial charge in [-0.3, -0.25) is 14.9 Å². The Bertz CT molecular complexity index is 998. The molecule has 1 aromatic carbocycles. The normalized spacial score (nSPS) is 27.5. The molecule has 3 unspecified atom stereocenters. The van der Waals surface area contributed by atoms with Crippen molar-refractivity contribution < 1.29 is 24.2 Å². The zero-order chi connectivity index (χ0) is 22.3. The van der Waals surface area contributed by atoms with Gasteiger partial charge in [0.05, 0.1) is 18.0 Å². The molecular formula is C24H29NO5S. The van der Waals surface area contributed by atoms with E-state index in [1.165, 1.54) is 0 Å². The number of aromatic hydroxyl groups is 1. The molecule has 2 aliphatic heterocycles. The maximum absolute atomic E-state index is 11.8. The number of imide groups is 1. The summed E-state index contributed by atoms with van der Waals surface area (Å²) in [5, 5.41) is 12.1. The number of ether oxygens (including phenoxy) is 2. The third kappa shape index (κ3) is 4.39. The number of hydrogen-bond donors (Lipinski definition) is 2. The highest BCUT2D eigenvalue weighted by Gasteiger charge is 2.36. The number of phenols is 1. The van der Waals surface area contributed by atoms with Crippen molar-refractivity contribution in [3.05, 3.63) is 46.1 Å². The maximum Gasteiger partial charge on any atom is 0.286 e. The van der Waals surface area contributed by atoms with E-state index in [1.807, 2.05) is 32.9 Å². The standard InChI is InChI=1S/C24H29NO5S/c1-13-14(2)21-18(15(3)20(13)26)9-10-24(4,30-21)12-29-17-7-5-16(6-8-17)11-19-22(27)25-23(28)31-19/h5-7,17,19,26H,8-12H2,1-4H3,(H,25,27,28). The highest BCUT2D eigenvalue weighted by atomic mass is 32.2. The molecule has 7 heteroatoms. The van der Waals surface area contributed by atoms with Crippen molar-refractivity contribution in [1.82, 2.24) is 5.32 Å². The first-order chi connectivity index (χ1) is 14.7. The summed E-state index contributed by atoms with van der Waals surface area (Å²) in [7, 11) is 0. The van der Waals surface area contributed by atoms with Crippen LogP contribution in [-0.4, -0.2) is 39.8 Å². The van der Waals surface area contributed by atoms with E-state index in [-0.39, 0.29) is 22.5 Å². The number of carbonyl (C=O) groups excluding carboxylic acids is 2. The van der Waals surface area contributed by atoms with Crippen molar-refractivity contribution in [3.63, 3.8) is 0 Å². The van der Waals surface area contributed by atoms with Crippen molar-refractivity contribution in [3.8, 4) is 11.5 Å². The van der Waals surface area contributed by atoms with E-state index in [0.29, 0.717) is 18.8 Å². The average molecular weight is 444 g/mol. The smallest absolute Gasteiger partial charge is 0.286 e. The van der Waals surface area contributed by atoms with Crippen molar-refractivity contribution in [2.45, 2.75) is 70.3 Å². The van der Waals surface area contributed by atoms with Gasteiger partial charge in [0, 0.05) is 5.56 Å².